The van der Waals surface area contributed by atoms with Crippen LogP contribution in [0.3, 0.4) is 0 Å². The number of nitrogens with zero attached hydrogens (tertiary/aromatic N) is 1. The van der Waals surface area contributed by atoms with Crippen LogP contribution in [0, 0.1) is 6.92 Å². The lowest BCUT2D eigenvalue weighted by atomic mass is 10.1. The van der Waals surface area contributed by atoms with Gasteiger partial charge in [0, 0.05) is 13.1 Å². The summed E-state index contributed by atoms with van der Waals surface area (Å²) in [6.07, 6.45) is 0.810. The Morgan fingerprint density at radius 2 is 1.92 bits per heavy atom. The molecule has 1 aliphatic heterocycles. The molecular formula is C20H24N2O3. The Balaban J connectivity index is 0.000000213. The van der Waals surface area contributed by atoms with E-state index in [0.717, 1.165) is 24.1 Å². The molecule has 2 bridgehead atoms. The van der Waals surface area contributed by atoms with E-state index in [1.54, 1.807) is 5.06 Å². The molecular weight excluding hydrogens is 316 g/mol. The van der Waals surface area contributed by atoms with Gasteiger partial charge in [-0.25, -0.2) is 0 Å². The number of nitrogens with one attached hydrogen (secondary N) is 1. The van der Waals surface area contributed by atoms with Gasteiger partial charge in [-0.05, 0) is 50.1 Å². The molecule has 4 rings (SSSR count). The van der Waals surface area contributed by atoms with Crippen LogP contribution in [0.15, 0.2) is 52.9 Å². The number of hydrogen-bond acceptors (Lipinski definition) is 4. The van der Waals surface area contributed by atoms with Crippen molar-refractivity contribution in [2.75, 3.05) is 13.2 Å². The van der Waals surface area contributed by atoms with E-state index in [0.29, 0.717) is 13.2 Å². The summed E-state index contributed by atoms with van der Waals surface area (Å²) in [5.74, 6) is 0.0658. The van der Waals surface area contributed by atoms with Crippen molar-refractivity contribution >= 4 is 17.1 Å². The molecule has 5 heteroatoms. The lowest BCUT2D eigenvalue weighted by molar-refractivity contribution is -0.190. The molecule has 1 fully saturated rings. The molecule has 1 atom stereocenters. The van der Waals surface area contributed by atoms with Crippen molar-refractivity contribution in [1.29, 1.82) is 0 Å². The molecule has 3 heterocycles. The summed E-state index contributed by atoms with van der Waals surface area (Å²) >= 11 is 0. The topological polar surface area (TPSA) is 54.7 Å². The molecule has 0 aliphatic carbocycles. The highest BCUT2D eigenvalue weighted by molar-refractivity contribution is 5.83. The van der Waals surface area contributed by atoms with Gasteiger partial charge in [0.2, 0.25) is 5.91 Å². The Morgan fingerprint density at radius 3 is 2.40 bits per heavy atom. The van der Waals surface area contributed by atoms with Crippen molar-refractivity contribution in [1.82, 2.24) is 10.4 Å². The first-order valence-electron chi connectivity index (χ1n) is 8.66. The fraction of sp³-hybridized carbons (Fsp3) is 0.350. The number of rotatable bonds is 5. The maximum atomic E-state index is 11.7. The Morgan fingerprint density at radius 1 is 1.20 bits per heavy atom. The Bertz CT molecular complexity index is 753. The molecule has 25 heavy (non-hydrogen) atoms. The first kappa shape index (κ1) is 17.5. The van der Waals surface area contributed by atoms with E-state index in [1.807, 2.05) is 37.3 Å². The zero-order chi connectivity index (χ0) is 17.6. The number of benzene rings is 2. The van der Waals surface area contributed by atoms with Crippen molar-refractivity contribution in [3.8, 4) is 0 Å². The molecule has 1 saturated heterocycles. The molecule has 1 amide bonds. The smallest absolute Gasteiger partial charge is 0.239 e. The summed E-state index contributed by atoms with van der Waals surface area (Å²) in [7, 11) is 0. The number of fused-ring (bicyclic) bond motifs is 2. The van der Waals surface area contributed by atoms with Crippen molar-refractivity contribution < 1.29 is 14.0 Å². The molecule has 5 nitrogen and oxygen atoms in total. The summed E-state index contributed by atoms with van der Waals surface area (Å²) in [4.78, 5) is 17.3. The first-order valence-corrected chi connectivity index (χ1v) is 8.66. The van der Waals surface area contributed by atoms with E-state index in [1.165, 1.54) is 11.1 Å². The molecule has 2 aromatic heterocycles. The largest absolute Gasteiger partial charge is 0.457 e. The number of carbonyl (C=O) groups is 1. The standard InChI is InChI=1S/C14H20N2O2.C6H4O/c1-3-18-16(13-7-8-15-14(13)17)10-12-6-4-5-11(2)9-12;1-2-6-4-3-5(1)7-6/h4-6,9,13H,3,7-8,10H2,1-2H3,(H,15,17);1-4H. The van der Waals surface area contributed by atoms with E-state index >= 15 is 0 Å². The minimum atomic E-state index is -0.162. The maximum Gasteiger partial charge on any atom is 0.239 e. The van der Waals surface area contributed by atoms with E-state index in [-0.39, 0.29) is 11.9 Å². The molecule has 1 aliphatic rings. The van der Waals surface area contributed by atoms with Gasteiger partial charge in [0.05, 0.1) is 6.61 Å². The van der Waals surface area contributed by atoms with Gasteiger partial charge in [0.1, 0.15) is 17.2 Å². The van der Waals surface area contributed by atoms with Crippen LogP contribution in [-0.2, 0) is 16.2 Å². The highest BCUT2D eigenvalue weighted by atomic mass is 16.7. The third-order valence-corrected chi connectivity index (χ3v) is 4.14. The number of hydrogen-bond donors (Lipinski definition) is 1. The Kier molecular flexibility index (Phi) is 5.68. The second kappa shape index (κ2) is 8.14. The zero-order valence-electron chi connectivity index (χ0n) is 14.7. The van der Waals surface area contributed by atoms with Gasteiger partial charge in [0.25, 0.3) is 0 Å². The molecule has 3 aromatic rings. The second-order valence-electron chi connectivity index (χ2n) is 6.15. The van der Waals surface area contributed by atoms with E-state index in [4.69, 9.17) is 9.25 Å². The number of hydroxylamine groups is 2. The van der Waals surface area contributed by atoms with Gasteiger partial charge in [-0.2, -0.15) is 5.06 Å². The average Bonchev–Trinajstić information content (AvgIpc) is 3.33. The third-order valence-electron chi connectivity index (χ3n) is 4.14. The van der Waals surface area contributed by atoms with Crippen LogP contribution in [0.4, 0.5) is 0 Å². The molecule has 0 radical (unpaired) electrons. The highest BCUT2D eigenvalue weighted by Gasteiger charge is 2.30. The molecule has 1 N–H and O–H groups in total. The van der Waals surface area contributed by atoms with Crippen molar-refractivity contribution in [2.24, 2.45) is 0 Å². The highest BCUT2D eigenvalue weighted by Crippen LogP contribution is 2.16. The number of amides is 1. The Labute approximate surface area is 147 Å². The Hall–Kier alpha value is -2.37. The van der Waals surface area contributed by atoms with Crippen LogP contribution < -0.4 is 5.32 Å². The minimum absolute atomic E-state index is 0.0658. The van der Waals surface area contributed by atoms with Gasteiger partial charge < -0.3 is 9.73 Å². The second-order valence-corrected chi connectivity index (χ2v) is 6.15. The fourth-order valence-electron chi connectivity index (χ4n) is 2.97. The summed E-state index contributed by atoms with van der Waals surface area (Å²) in [5, 5.41) is 4.65. The summed E-state index contributed by atoms with van der Waals surface area (Å²) in [6, 6.07) is 15.9. The van der Waals surface area contributed by atoms with Crippen LogP contribution in [0.2, 0.25) is 0 Å². The SMILES string of the molecule is CCON(Cc1cccc(C)c1)C1CCNC1=O.c1cc2ccc1o2. The summed E-state index contributed by atoms with van der Waals surface area (Å²) in [5.41, 5.74) is 4.33. The third kappa shape index (κ3) is 4.59. The summed E-state index contributed by atoms with van der Waals surface area (Å²) < 4.78 is 5.08. The van der Waals surface area contributed by atoms with Crippen LogP contribution in [0.5, 0.6) is 0 Å². The van der Waals surface area contributed by atoms with Crippen molar-refractivity contribution in [3.63, 3.8) is 0 Å². The van der Waals surface area contributed by atoms with Gasteiger partial charge in [-0.15, -0.1) is 0 Å². The average molecular weight is 340 g/mol. The monoisotopic (exact) mass is 340 g/mol. The van der Waals surface area contributed by atoms with E-state index in [9.17, 15) is 4.79 Å². The molecule has 1 aromatic carbocycles. The predicted molar refractivity (Wildman–Crippen MR) is 97.2 cm³/mol. The summed E-state index contributed by atoms with van der Waals surface area (Å²) in [6.45, 7) is 5.97. The first-order chi connectivity index (χ1) is 12.2. The molecule has 1 unspecified atom stereocenters. The van der Waals surface area contributed by atoms with E-state index in [2.05, 4.69) is 30.4 Å². The molecule has 0 saturated carbocycles. The minimum Gasteiger partial charge on any atom is -0.457 e. The van der Waals surface area contributed by atoms with Crippen molar-refractivity contribution in [3.05, 3.63) is 59.7 Å². The van der Waals surface area contributed by atoms with Crippen LogP contribution in [0.25, 0.3) is 11.2 Å². The lowest BCUT2D eigenvalue weighted by Crippen LogP contribution is -2.40. The number of aryl methyl sites for hydroxylation is 1. The number of furan rings is 2. The van der Waals surface area contributed by atoms with Crippen molar-refractivity contribution in [2.45, 2.75) is 32.9 Å². The zero-order valence-corrected chi connectivity index (χ0v) is 14.7. The quantitative estimate of drug-likeness (QED) is 0.722. The molecule has 0 spiro atoms. The maximum absolute atomic E-state index is 11.7. The predicted octanol–water partition coefficient (Wildman–Crippen LogP) is 3.51. The lowest BCUT2D eigenvalue weighted by Gasteiger charge is -2.25. The normalized spacial score (nSPS) is 16.9. The van der Waals surface area contributed by atoms with E-state index < -0.39 is 0 Å². The van der Waals surface area contributed by atoms with Crippen LogP contribution in [0.1, 0.15) is 24.5 Å². The van der Waals surface area contributed by atoms with Crippen LogP contribution >= 0.6 is 0 Å². The van der Waals surface area contributed by atoms with Crippen LogP contribution in [-0.4, -0.2) is 30.2 Å². The number of carbonyl (C=O) groups excluding carboxylic acids is 1. The van der Waals surface area contributed by atoms with Gasteiger partial charge in [-0.1, -0.05) is 29.8 Å². The molecule has 132 valence electrons. The van der Waals surface area contributed by atoms with Gasteiger partial charge in [-0.3, -0.25) is 9.63 Å². The van der Waals surface area contributed by atoms with Gasteiger partial charge in [0.15, 0.2) is 0 Å². The fourth-order valence-corrected chi connectivity index (χ4v) is 2.97. The van der Waals surface area contributed by atoms with Gasteiger partial charge >= 0.3 is 0 Å².